The second-order valence-corrected chi connectivity index (χ2v) is 7.40. The summed E-state index contributed by atoms with van der Waals surface area (Å²) in [6.45, 7) is 4.76. The fraction of sp³-hybridized carbons (Fsp3) is 0.240. The summed E-state index contributed by atoms with van der Waals surface area (Å²) in [5.41, 5.74) is 2.41. The molecule has 0 amide bonds. The highest BCUT2D eigenvalue weighted by molar-refractivity contribution is 5.78. The molecule has 1 aromatic heterocycles. The van der Waals surface area contributed by atoms with Crippen molar-refractivity contribution >= 4 is 11.0 Å². The van der Waals surface area contributed by atoms with Crippen molar-refractivity contribution in [1.82, 2.24) is 9.55 Å². The van der Waals surface area contributed by atoms with Crippen LogP contribution in [0.25, 0.3) is 11.0 Å². The minimum atomic E-state index is -4.72. The molecule has 0 aliphatic carbocycles. The van der Waals surface area contributed by atoms with Crippen LogP contribution >= 0.6 is 0 Å². The number of aromatic nitrogens is 2. The van der Waals surface area contributed by atoms with E-state index in [2.05, 4.69) is 4.74 Å². The van der Waals surface area contributed by atoms with Gasteiger partial charge in [-0.25, -0.2) is 4.98 Å². The Morgan fingerprint density at radius 3 is 2.27 bits per heavy atom. The molecule has 5 nitrogen and oxygen atoms in total. The fourth-order valence-electron chi connectivity index (χ4n) is 3.60. The lowest BCUT2D eigenvalue weighted by Gasteiger charge is -2.17. The van der Waals surface area contributed by atoms with Gasteiger partial charge in [-0.1, -0.05) is 30.3 Å². The number of benzene rings is 3. The van der Waals surface area contributed by atoms with Gasteiger partial charge in [0.05, 0.1) is 17.6 Å². The molecule has 172 valence electrons. The smallest absolute Gasteiger partial charge is 0.494 e. The van der Waals surface area contributed by atoms with E-state index in [-0.39, 0.29) is 11.9 Å². The van der Waals surface area contributed by atoms with Gasteiger partial charge in [0.1, 0.15) is 17.2 Å². The zero-order valence-corrected chi connectivity index (χ0v) is 18.2. The van der Waals surface area contributed by atoms with Crippen molar-refractivity contribution in [2.45, 2.75) is 32.9 Å². The van der Waals surface area contributed by atoms with E-state index in [0.717, 1.165) is 16.6 Å². The Balaban J connectivity index is 1.67. The van der Waals surface area contributed by atoms with E-state index in [1.807, 2.05) is 66.9 Å². The molecule has 1 atom stereocenters. The zero-order valence-electron chi connectivity index (χ0n) is 18.2. The van der Waals surface area contributed by atoms with Crippen LogP contribution in [0.1, 0.15) is 31.3 Å². The molecule has 1 heterocycles. The first-order chi connectivity index (χ1) is 15.8. The first-order valence-corrected chi connectivity index (χ1v) is 10.5. The number of rotatable bonds is 8. The van der Waals surface area contributed by atoms with Gasteiger partial charge >= 0.3 is 6.36 Å². The monoisotopic (exact) mass is 456 g/mol. The van der Waals surface area contributed by atoms with Crippen LogP contribution in [-0.2, 0) is 6.54 Å². The van der Waals surface area contributed by atoms with E-state index in [4.69, 9.17) is 14.5 Å². The predicted octanol–water partition coefficient (Wildman–Crippen LogP) is 6.52. The lowest BCUT2D eigenvalue weighted by Crippen LogP contribution is -2.17. The number of nitrogens with zero attached hydrogens (tertiary/aromatic N) is 2. The van der Waals surface area contributed by atoms with Crippen LogP contribution in [0.15, 0.2) is 72.8 Å². The minimum Gasteiger partial charge on any atom is -0.494 e. The predicted molar refractivity (Wildman–Crippen MR) is 119 cm³/mol. The topological polar surface area (TPSA) is 45.5 Å². The summed E-state index contributed by atoms with van der Waals surface area (Å²) < 4.78 is 55.1. The molecule has 0 radical (unpaired) electrons. The number of alkyl halides is 3. The summed E-state index contributed by atoms with van der Waals surface area (Å²) in [5, 5.41) is 0. The van der Waals surface area contributed by atoms with Crippen molar-refractivity contribution in [2.24, 2.45) is 0 Å². The minimum absolute atomic E-state index is 0.260. The zero-order chi connectivity index (χ0) is 23.4. The van der Waals surface area contributed by atoms with Gasteiger partial charge in [0.2, 0.25) is 0 Å². The van der Waals surface area contributed by atoms with Crippen LogP contribution in [0.5, 0.6) is 17.2 Å². The van der Waals surface area contributed by atoms with E-state index < -0.39 is 6.36 Å². The Bertz CT molecular complexity index is 1210. The van der Waals surface area contributed by atoms with E-state index in [0.29, 0.717) is 30.5 Å². The Morgan fingerprint density at radius 2 is 1.61 bits per heavy atom. The number of imidazole rings is 1. The van der Waals surface area contributed by atoms with Gasteiger partial charge in [0.25, 0.3) is 0 Å². The molecule has 33 heavy (non-hydrogen) atoms. The Kier molecular flexibility index (Phi) is 6.44. The maximum Gasteiger partial charge on any atom is 0.573 e. The van der Waals surface area contributed by atoms with Crippen molar-refractivity contribution in [1.29, 1.82) is 0 Å². The maximum atomic E-state index is 12.5. The first kappa shape index (κ1) is 22.5. The van der Waals surface area contributed by atoms with Crippen LogP contribution in [0.3, 0.4) is 0 Å². The van der Waals surface area contributed by atoms with Crippen molar-refractivity contribution in [2.75, 3.05) is 6.61 Å². The molecule has 0 fully saturated rings. The third kappa shape index (κ3) is 5.58. The highest BCUT2D eigenvalue weighted by Gasteiger charge is 2.31. The van der Waals surface area contributed by atoms with Gasteiger partial charge in [0, 0.05) is 12.6 Å². The van der Waals surface area contributed by atoms with Gasteiger partial charge in [-0.05, 0) is 55.8 Å². The lowest BCUT2D eigenvalue weighted by atomic mass is 10.2. The number of fused-ring (bicyclic) bond motifs is 1. The summed E-state index contributed by atoms with van der Waals surface area (Å²) in [6, 6.07) is 20.9. The highest BCUT2D eigenvalue weighted by atomic mass is 19.4. The molecule has 0 spiro atoms. The van der Waals surface area contributed by atoms with Crippen LogP contribution < -0.4 is 14.2 Å². The molecule has 1 unspecified atom stereocenters. The summed E-state index contributed by atoms with van der Waals surface area (Å²) in [4.78, 5) is 4.80. The van der Waals surface area contributed by atoms with Gasteiger partial charge in [-0.3, -0.25) is 0 Å². The normalized spacial score (nSPS) is 12.5. The Hall–Kier alpha value is -3.68. The van der Waals surface area contributed by atoms with E-state index >= 15 is 0 Å². The number of hydrogen-bond acceptors (Lipinski definition) is 4. The van der Waals surface area contributed by atoms with Crippen molar-refractivity contribution in [3.8, 4) is 17.2 Å². The van der Waals surface area contributed by atoms with Crippen LogP contribution in [0.2, 0.25) is 0 Å². The van der Waals surface area contributed by atoms with Crippen LogP contribution in [0, 0.1) is 0 Å². The van der Waals surface area contributed by atoms with Gasteiger partial charge in [-0.15, -0.1) is 13.2 Å². The maximum absolute atomic E-state index is 12.5. The van der Waals surface area contributed by atoms with E-state index in [1.165, 1.54) is 12.1 Å². The fourth-order valence-corrected chi connectivity index (χ4v) is 3.60. The van der Waals surface area contributed by atoms with Gasteiger partial charge in [-0.2, -0.15) is 0 Å². The highest BCUT2D eigenvalue weighted by Crippen LogP contribution is 2.29. The summed E-state index contributed by atoms with van der Waals surface area (Å²) in [7, 11) is 0. The van der Waals surface area contributed by atoms with Crippen molar-refractivity contribution in [3.63, 3.8) is 0 Å². The first-order valence-electron chi connectivity index (χ1n) is 10.5. The molecule has 8 heteroatoms. The average Bonchev–Trinajstić information content (AvgIpc) is 3.13. The standard InChI is InChI=1S/C25H23F3N2O3/c1-3-31-21-13-14-23-22(15-21)29-24(17(2)32-19-7-5-4-6-8-19)30(23)16-18-9-11-20(12-10-18)33-25(26,27)28/h4-15,17H,3,16H2,1-2H3. The van der Waals surface area contributed by atoms with E-state index in [9.17, 15) is 13.2 Å². The molecule has 0 saturated carbocycles. The van der Waals surface area contributed by atoms with Gasteiger partial charge in [0.15, 0.2) is 11.9 Å². The summed E-state index contributed by atoms with van der Waals surface area (Å²) >= 11 is 0. The molecular weight excluding hydrogens is 433 g/mol. The average molecular weight is 456 g/mol. The third-order valence-corrected chi connectivity index (χ3v) is 4.98. The molecule has 0 aliphatic heterocycles. The van der Waals surface area contributed by atoms with Crippen molar-refractivity contribution < 1.29 is 27.4 Å². The third-order valence-electron chi connectivity index (χ3n) is 4.98. The van der Waals surface area contributed by atoms with E-state index in [1.54, 1.807) is 12.1 Å². The number of hydrogen-bond donors (Lipinski definition) is 0. The van der Waals surface area contributed by atoms with Crippen LogP contribution in [0.4, 0.5) is 13.2 Å². The number of para-hydroxylation sites is 1. The molecular formula is C25H23F3N2O3. The SMILES string of the molecule is CCOc1ccc2c(c1)nc(C(C)Oc1ccccc1)n2Cc1ccc(OC(F)(F)F)cc1. The molecule has 4 rings (SSSR count). The largest absolute Gasteiger partial charge is 0.573 e. The van der Waals surface area contributed by atoms with Gasteiger partial charge < -0.3 is 18.8 Å². The summed E-state index contributed by atoms with van der Waals surface area (Å²) in [6.07, 6.45) is -5.10. The van der Waals surface area contributed by atoms with Crippen molar-refractivity contribution in [3.05, 3.63) is 84.2 Å². The molecule has 4 aromatic rings. The summed E-state index contributed by atoms with van der Waals surface area (Å²) in [5.74, 6) is 1.86. The number of halogens is 3. The molecule has 0 N–H and O–H groups in total. The second kappa shape index (κ2) is 9.44. The molecule has 0 saturated heterocycles. The lowest BCUT2D eigenvalue weighted by molar-refractivity contribution is -0.274. The quantitative estimate of drug-likeness (QED) is 0.303. The Labute approximate surface area is 189 Å². The Morgan fingerprint density at radius 1 is 0.909 bits per heavy atom. The number of ether oxygens (including phenoxy) is 3. The second-order valence-electron chi connectivity index (χ2n) is 7.40. The molecule has 0 bridgehead atoms. The van der Waals surface area contributed by atoms with Crippen LogP contribution in [-0.4, -0.2) is 22.5 Å². The molecule has 0 aliphatic rings. The molecule has 3 aromatic carbocycles.